The van der Waals surface area contributed by atoms with Crippen LogP contribution in [0.2, 0.25) is 0 Å². The molecule has 1 aromatic rings. The highest BCUT2D eigenvalue weighted by Gasteiger charge is 2.53. The fraction of sp³-hybridized carbons (Fsp3) is 0.615. The Kier molecular flexibility index (Phi) is 2.47. The van der Waals surface area contributed by atoms with Crippen LogP contribution in [0.25, 0.3) is 0 Å². The van der Waals surface area contributed by atoms with Crippen molar-refractivity contribution in [3.05, 3.63) is 23.7 Å². The van der Waals surface area contributed by atoms with E-state index in [0.717, 1.165) is 12.5 Å². The second-order valence-electron chi connectivity index (χ2n) is 5.35. The second kappa shape index (κ2) is 3.88. The summed E-state index contributed by atoms with van der Waals surface area (Å²) in [6, 6.07) is 1.59. The molecule has 0 aromatic carbocycles. The first-order chi connectivity index (χ1) is 8.20. The van der Waals surface area contributed by atoms with E-state index in [1.165, 1.54) is 31.9 Å². The van der Waals surface area contributed by atoms with Crippen molar-refractivity contribution in [2.75, 3.05) is 6.54 Å². The summed E-state index contributed by atoms with van der Waals surface area (Å²) in [5.74, 6) is 0.715. The molecular weight excluding hydrogens is 218 g/mol. The minimum atomic E-state index is -0.934. The SMILES string of the molecule is O=C(O)c1coc(CNCC2(C3CC3)CC2)c1. The lowest BCUT2D eigenvalue weighted by Gasteiger charge is -2.13. The zero-order chi connectivity index (χ0) is 11.9. The summed E-state index contributed by atoms with van der Waals surface area (Å²) < 4.78 is 5.19. The van der Waals surface area contributed by atoms with Gasteiger partial charge >= 0.3 is 5.97 Å². The molecule has 3 rings (SSSR count). The number of carbonyl (C=O) groups is 1. The molecule has 2 aliphatic rings. The molecule has 17 heavy (non-hydrogen) atoms. The van der Waals surface area contributed by atoms with Crippen molar-refractivity contribution in [2.45, 2.75) is 32.2 Å². The largest absolute Gasteiger partial charge is 0.478 e. The first-order valence-electron chi connectivity index (χ1n) is 6.21. The zero-order valence-electron chi connectivity index (χ0n) is 9.74. The van der Waals surface area contributed by atoms with Gasteiger partial charge in [0.1, 0.15) is 12.0 Å². The third-order valence-corrected chi connectivity index (χ3v) is 4.01. The number of carboxylic acids is 1. The molecule has 1 heterocycles. The van der Waals surface area contributed by atoms with Crippen LogP contribution in [0, 0.1) is 11.3 Å². The Hall–Kier alpha value is -1.29. The maximum Gasteiger partial charge on any atom is 0.338 e. The number of hydrogen-bond acceptors (Lipinski definition) is 3. The lowest BCUT2D eigenvalue weighted by atomic mass is 10.0. The van der Waals surface area contributed by atoms with Crippen LogP contribution >= 0.6 is 0 Å². The molecule has 0 atom stereocenters. The van der Waals surface area contributed by atoms with Gasteiger partial charge in [-0.1, -0.05) is 0 Å². The fourth-order valence-electron chi connectivity index (χ4n) is 2.61. The summed E-state index contributed by atoms with van der Waals surface area (Å²) in [6.45, 7) is 1.67. The number of hydrogen-bond donors (Lipinski definition) is 2. The summed E-state index contributed by atoms with van der Waals surface area (Å²) in [6.07, 6.45) is 6.79. The Balaban J connectivity index is 1.48. The van der Waals surface area contributed by atoms with E-state index in [4.69, 9.17) is 9.52 Å². The molecule has 0 bridgehead atoms. The van der Waals surface area contributed by atoms with Crippen LogP contribution in [-0.2, 0) is 6.54 Å². The van der Waals surface area contributed by atoms with Crippen molar-refractivity contribution >= 4 is 5.97 Å². The normalized spacial score (nSPS) is 21.4. The number of carboxylic acid groups (broad SMARTS) is 1. The summed E-state index contributed by atoms with van der Waals surface area (Å²) in [4.78, 5) is 10.7. The predicted octanol–water partition coefficient (Wildman–Crippen LogP) is 2.26. The van der Waals surface area contributed by atoms with Crippen LogP contribution in [0.1, 0.15) is 41.8 Å². The average molecular weight is 235 g/mol. The molecule has 1 aromatic heterocycles. The molecule has 4 nitrogen and oxygen atoms in total. The Morgan fingerprint density at radius 1 is 1.53 bits per heavy atom. The first kappa shape index (κ1) is 10.8. The average Bonchev–Trinajstić information content (AvgIpc) is 3.17. The molecule has 2 N–H and O–H groups in total. The summed E-state index contributed by atoms with van der Waals surface area (Å²) in [5, 5.41) is 12.2. The van der Waals surface area contributed by atoms with Gasteiger partial charge in [-0.25, -0.2) is 4.79 Å². The molecule has 0 amide bonds. The van der Waals surface area contributed by atoms with E-state index in [2.05, 4.69) is 5.32 Å². The lowest BCUT2D eigenvalue weighted by molar-refractivity contribution is 0.0696. The van der Waals surface area contributed by atoms with E-state index in [-0.39, 0.29) is 5.56 Å². The fourth-order valence-corrected chi connectivity index (χ4v) is 2.61. The maximum absolute atomic E-state index is 10.7. The highest BCUT2D eigenvalue weighted by molar-refractivity contribution is 5.87. The maximum atomic E-state index is 10.7. The lowest BCUT2D eigenvalue weighted by Crippen LogP contribution is -2.24. The van der Waals surface area contributed by atoms with E-state index in [1.807, 2.05) is 0 Å². The molecular formula is C13H17NO3. The number of furan rings is 1. The number of aromatic carboxylic acids is 1. The van der Waals surface area contributed by atoms with Gasteiger partial charge in [-0.05, 0) is 43.1 Å². The summed E-state index contributed by atoms with van der Waals surface area (Å²) in [7, 11) is 0. The number of nitrogens with one attached hydrogen (secondary N) is 1. The van der Waals surface area contributed by atoms with Crippen molar-refractivity contribution in [2.24, 2.45) is 11.3 Å². The van der Waals surface area contributed by atoms with Crippen molar-refractivity contribution < 1.29 is 14.3 Å². The summed E-state index contributed by atoms with van der Waals surface area (Å²) in [5.41, 5.74) is 0.799. The summed E-state index contributed by atoms with van der Waals surface area (Å²) >= 11 is 0. The van der Waals surface area contributed by atoms with Crippen LogP contribution < -0.4 is 5.32 Å². The Labute approximate surface area is 100 Å². The van der Waals surface area contributed by atoms with Gasteiger partial charge in [0.15, 0.2) is 0 Å². The van der Waals surface area contributed by atoms with Crippen molar-refractivity contribution in [1.82, 2.24) is 5.32 Å². The number of rotatable bonds is 6. The Morgan fingerprint density at radius 2 is 2.29 bits per heavy atom. The van der Waals surface area contributed by atoms with Crippen LogP contribution in [0.3, 0.4) is 0 Å². The highest BCUT2D eigenvalue weighted by atomic mass is 16.4. The quantitative estimate of drug-likeness (QED) is 0.794. The molecule has 4 heteroatoms. The smallest absolute Gasteiger partial charge is 0.338 e. The van der Waals surface area contributed by atoms with E-state index >= 15 is 0 Å². The highest BCUT2D eigenvalue weighted by Crippen LogP contribution is 2.60. The van der Waals surface area contributed by atoms with E-state index in [0.29, 0.717) is 17.7 Å². The minimum Gasteiger partial charge on any atom is -0.478 e. The molecule has 0 saturated heterocycles. The third kappa shape index (κ3) is 2.22. The van der Waals surface area contributed by atoms with Gasteiger partial charge in [-0.2, -0.15) is 0 Å². The topological polar surface area (TPSA) is 62.5 Å². The molecule has 2 fully saturated rings. The molecule has 2 aliphatic carbocycles. The molecule has 0 aliphatic heterocycles. The Bertz CT molecular complexity index is 430. The van der Waals surface area contributed by atoms with Gasteiger partial charge in [0.2, 0.25) is 0 Å². The molecule has 2 saturated carbocycles. The van der Waals surface area contributed by atoms with Gasteiger partial charge in [-0.3, -0.25) is 0 Å². The Morgan fingerprint density at radius 3 is 2.82 bits per heavy atom. The zero-order valence-corrected chi connectivity index (χ0v) is 9.74. The molecule has 0 spiro atoms. The van der Waals surface area contributed by atoms with E-state index in [1.54, 1.807) is 6.07 Å². The van der Waals surface area contributed by atoms with Crippen molar-refractivity contribution in [3.8, 4) is 0 Å². The van der Waals surface area contributed by atoms with Gasteiger partial charge < -0.3 is 14.8 Å². The van der Waals surface area contributed by atoms with Crippen LogP contribution in [0.4, 0.5) is 0 Å². The third-order valence-electron chi connectivity index (χ3n) is 4.01. The van der Waals surface area contributed by atoms with Crippen LogP contribution in [-0.4, -0.2) is 17.6 Å². The van der Waals surface area contributed by atoms with Gasteiger partial charge in [0, 0.05) is 6.54 Å². The van der Waals surface area contributed by atoms with Crippen molar-refractivity contribution in [3.63, 3.8) is 0 Å². The van der Waals surface area contributed by atoms with Crippen LogP contribution in [0.15, 0.2) is 16.7 Å². The standard InChI is InChI=1S/C13H17NO3/c15-12(16)9-5-11(17-7-9)6-14-8-13(3-4-13)10-1-2-10/h5,7,10,14H,1-4,6,8H2,(H,15,16). The molecule has 0 radical (unpaired) electrons. The molecule has 92 valence electrons. The van der Waals surface area contributed by atoms with E-state index < -0.39 is 5.97 Å². The first-order valence-corrected chi connectivity index (χ1v) is 6.21. The monoisotopic (exact) mass is 235 g/mol. The van der Waals surface area contributed by atoms with E-state index in [9.17, 15) is 4.79 Å². The van der Waals surface area contributed by atoms with Gasteiger partial charge in [0.05, 0.1) is 12.1 Å². The predicted molar refractivity (Wildman–Crippen MR) is 61.8 cm³/mol. The van der Waals surface area contributed by atoms with Crippen LogP contribution in [0.5, 0.6) is 0 Å². The van der Waals surface area contributed by atoms with Gasteiger partial charge in [-0.15, -0.1) is 0 Å². The molecule has 0 unspecified atom stereocenters. The minimum absolute atomic E-state index is 0.227. The second-order valence-corrected chi connectivity index (χ2v) is 5.35. The van der Waals surface area contributed by atoms with Gasteiger partial charge in [0.25, 0.3) is 0 Å². The van der Waals surface area contributed by atoms with Crippen molar-refractivity contribution in [1.29, 1.82) is 0 Å².